The molecule has 0 bridgehead atoms. The van der Waals surface area contributed by atoms with Crippen molar-refractivity contribution in [2.45, 2.75) is 12.8 Å². The molecule has 1 aromatic rings. The van der Waals surface area contributed by atoms with E-state index in [0.29, 0.717) is 10.9 Å². The second kappa shape index (κ2) is 3.77. The van der Waals surface area contributed by atoms with Gasteiger partial charge in [-0.25, -0.2) is 0 Å². The van der Waals surface area contributed by atoms with Gasteiger partial charge in [0.15, 0.2) is 5.78 Å². The molecule has 1 heterocycles. The average Bonchev–Trinajstić information content (AvgIpc) is 2.54. The molecule has 0 radical (unpaired) electrons. The molecular weight excluding hydrogens is 258 g/mol. The van der Waals surface area contributed by atoms with Crippen LogP contribution < -0.4 is 5.32 Å². The Kier molecular flexibility index (Phi) is 2.61. The first-order valence-electron chi connectivity index (χ1n) is 4.67. The maximum atomic E-state index is 11.4. The van der Waals surface area contributed by atoms with Gasteiger partial charge >= 0.3 is 0 Å². The Bertz CT molecular complexity index is 442. The van der Waals surface area contributed by atoms with E-state index in [1.807, 2.05) is 6.92 Å². The number of fused-ring (bicyclic) bond motifs is 1. The smallest absolute Gasteiger partial charge is 0.231 e. The lowest BCUT2D eigenvalue weighted by atomic mass is 9.99. The van der Waals surface area contributed by atoms with Crippen molar-refractivity contribution < 1.29 is 9.59 Å². The van der Waals surface area contributed by atoms with E-state index in [-0.39, 0.29) is 17.6 Å². The number of amides is 1. The number of ketones is 1. The van der Waals surface area contributed by atoms with Gasteiger partial charge in [0.25, 0.3) is 0 Å². The van der Waals surface area contributed by atoms with Crippen LogP contribution in [0.25, 0.3) is 0 Å². The van der Waals surface area contributed by atoms with Crippen LogP contribution in [0.2, 0.25) is 0 Å². The summed E-state index contributed by atoms with van der Waals surface area (Å²) >= 11 is 3.13. The fourth-order valence-electron chi connectivity index (χ4n) is 1.67. The maximum absolute atomic E-state index is 11.4. The van der Waals surface area contributed by atoms with E-state index in [4.69, 9.17) is 0 Å². The van der Waals surface area contributed by atoms with Crippen LogP contribution in [0, 0.1) is 0 Å². The molecule has 78 valence electrons. The van der Waals surface area contributed by atoms with E-state index >= 15 is 0 Å². The summed E-state index contributed by atoms with van der Waals surface area (Å²) in [5, 5.41) is 3.08. The molecule has 3 nitrogen and oxygen atoms in total. The zero-order valence-corrected chi connectivity index (χ0v) is 9.80. The van der Waals surface area contributed by atoms with Crippen molar-refractivity contribution in [3.05, 3.63) is 29.3 Å². The highest BCUT2D eigenvalue weighted by Gasteiger charge is 2.26. The topological polar surface area (TPSA) is 46.2 Å². The van der Waals surface area contributed by atoms with Gasteiger partial charge in [-0.2, -0.15) is 0 Å². The van der Waals surface area contributed by atoms with Crippen molar-refractivity contribution in [2.24, 2.45) is 0 Å². The first kappa shape index (κ1) is 10.4. The number of nitrogens with one attached hydrogen (secondary N) is 1. The minimum Gasteiger partial charge on any atom is -0.325 e. The molecule has 0 spiro atoms. The first-order chi connectivity index (χ1) is 7.13. The number of anilines is 1. The van der Waals surface area contributed by atoms with Gasteiger partial charge < -0.3 is 5.32 Å². The van der Waals surface area contributed by atoms with E-state index in [0.717, 1.165) is 11.3 Å². The summed E-state index contributed by atoms with van der Waals surface area (Å²) in [4.78, 5) is 22.8. The van der Waals surface area contributed by atoms with E-state index in [1.54, 1.807) is 18.2 Å². The molecule has 2 rings (SSSR count). The van der Waals surface area contributed by atoms with Gasteiger partial charge in [0.05, 0.1) is 11.2 Å². The maximum Gasteiger partial charge on any atom is 0.231 e. The van der Waals surface area contributed by atoms with E-state index in [9.17, 15) is 9.59 Å². The van der Waals surface area contributed by atoms with E-state index in [2.05, 4.69) is 21.2 Å². The summed E-state index contributed by atoms with van der Waals surface area (Å²) in [7, 11) is 0. The van der Waals surface area contributed by atoms with Crippen LogP contribution in [-0.2, 0) is 4.79 Å². The molecule has 0 fully saturated rings. The highest BCUT2D eigenvalue weighted by molar-refractivity contribution is 9.09. The van der Waals surface area contributed by atoms with Crippen molar-refractivity contribution in [3.8, 4) is 0 Å². The number of Topliss-reactive ketones (excluding diaryl/α,β-unsaturated/α-hetero) is 1. The zero-order chi connectivity index (χ0) is 11.0. The van der Waals surface area contributed by atoms with E-state index in [1.165, 1.54) is 0 Å². The molecule has 1 aliphatic rings. The van der Waals surface area contributed by atoms with Crippen LogP contribution in [0.5, 0.6) is 0 Å². The van der Waals surface area contributed by atoms with Gasteiger partial charge in [-0.1, -0.05) is 15.9 Å². The lowest BCUT2D eigenvalue weighted by Gasteiger charge is -2.03. The standard InChI is InChI=1S/C11H10BrNO2/c1-6-8-4-7(10(14)5-12)2-3-9(8)13-11(6)15/h2-4,6H,5H2,1H3,(H,13,15)/t6-/m1/s1. The van der Waals surface area contributed by atoms with Crippen LogP contribution in [0.3, 0.4) is 0 Å². The lowest BCUT2D eigenvalue weighted by Crippen LogP contribution is -2.08. The Morgan fingerprint density at radius 2 is 2.27 bits per heavy atom. The Morgan fingerprint density at radius 1 is 1.53 bits per heavy atom. The molecule has 0 unspecified atom stereocenters. The number of rotatable bonds is 2. The van der Waals surface area contributed by atoms with Crippen LogP contribution in [0.1, 0.15) is 28.8 Å². The van der Waals surface area contributed by atoms with Crippen LogP contribution in [0.15, 0.2) is 18.2 Å². The highest BCUT2D eigenvalue weighted by atomic mass is 79.9. The SMILES string of the molecule is C[C@H]1C(=O)Nc2ccc(C(=O)CBr)cc21. The quantitative estimate of drug-likeness (QED) is 0.661. The second-order valence-corrected chi connectivity index (χ2v) is 4.13. The largest absolute Gasteiger partial charge is 0.325 e. The molecule has 1 aliphatic heterocycles. The summed E-state index contributed by atoms with van der Waals surface area (Å²) in [6.07, 6.45) is 0. The van der Waals surface area contributed by atoms with Crippen molar-refractivity contribution in [1.82, 2.24) is 0 Å². The molecule has 1 N–H and O–H groups in total. The zero-order valence-electron chi connectivity index (χ0n) is 8.21. The third-order valence-corrected chi connectivity index (χ3v) is 3.12. The third-order valence-electron chi connectivity index (χ3n) is 2.61. The predicted octanol–water partition coefficient (Wildman–Crippen LogP) is 2.32. The molecule has 1 atom stereocenters. The number of alkyl halides is 1. The summed E-state index contributed by atoms with van der Waals surface area (Å²) in [5.74, 6) is -0.138. The van der Waals surface area contributed by atoms with Crippen molar-refractivity contribution >= 4 is 33.3 Å². The highest BCUT2D eigenvalue weighted by Crippen LogP contribution is 2.32. The van der Waals surface area contributed by atoms with Crippen molar-refractivity contribution in [2.75, 3.05) is 10.6 Å². The summed E-state index contributed by atoms with van der Waals surface area (Å²) in [6.45, 7) is 1.84. The molecule has 0 aliphatic carbocycles. The predicted molar refractivity (Wildman–Crippen MR) is 61.6 cm³/mol. The minimum atomic E-state index is -0.164. The number of halogens is 1. The number of carbonyl (C=O) groups excluding carboxylic acids is 2. The number of hydrogen-bond acceptors (Lipinski definition) is 2. The number of benzene rings is 1. The van der Waals surface area contributed by atoms with Crippen LogP contribution in [-0.4, -0.2) is 17.0 Å². The molecule has 4 heteroatoms. The Hall–Kier alpha value is -1.16. The summed E-state index contributed by atoms with van der Waals surface area (Å²) < 4.78 is 0. The third kappa shape index (κ3) is 1.69. The van der Waals surface area contributed by atoms with Gasteiger partial charge in [0.1, 0.15) is 0 Å². The molecule has 15 heavy (non-hydrogen) atoms. The molecular formula is C11H10BrNO2. The summed E-state index contributed by atoms with van der Waals surface area (Å²) in [5.41, 5.74) is 2.37. The van der Waals surface area contributed by atoms with Gasteiger partial charge in [-0.05, 0) is 30.7 Å². The molecule has 1 aromatic carbocycles. The van der Waals surface area contributed by atoms with Gasteiger partial charge in [0.2, 0.25) is 5.91 Å². The van der Waals surface area contributed by atoms with Crippen molar-refractivity contribution in [3.63, 3.8) is 0 Å². The first-order valence-corrected chi connectivity index (χ1v) is 5.79. The van der Waals surface area contributed by atoms with Crippen molar-refractivity contribution in [1.29, 1.82) is 0 Å². The summed E-state index contributed by atoms with van der Waals surface area (Å²) in [6, 6.07) is 5.31. The monoisotopic (exact) mass is 267 g/mol. The Labute approximate surface area is 96.0 Å². The Morgan fingerprint density at radius 3 is 2.93 bits per heavy atom. The fourth-order valence-corrected chi connectivity index (χ4v) is 1.99. The lowest BCUT2D eigenvalue weighted by molar-refractivity contribution is -0.116. The number of hydrogen-bond donors (Lipinski definition) is 1. The normalized spacial score (nSPS) is 18.5. The Balaban J connectivity index is 2.44. The van der Waals surface area contributed by atoms with Gasteiger partial charge in [-0.3, -0.25) is 9.59 Å². The fraction of sp³-hybridized carbons (Fsp3) is 0.273. The van der Waals surface area contributed by atoms with Gasteiger partial charge in [0, 0.05) is 11.3 Å². The molecule has 0 saturated heterocycles. The molecule has 0 aromatic heterocycles. The molecule has 1 amide bonds. The molecule has 0 saturated carbocycles. The van der Waals surface area contributed by atoms with Gasteiger partial charge in [-0.15, -0.1) is 0 Å². The van der Waals surface area contributed by atoms with Crippen LogP contribution >= 0.6 is 15.9 Å². The van der Waals surface area contributed by atoms with E-state index < -0.39 is 0 Å². The average molecular weight is 268 g/mol. The van der Waals surface area contributed by atoms with Crippen LogP contribution in [0.4, 0.5) is 5.69 Å². The minimum absolute atomic E-state index is 0.00607. The second-order valence-electron chi connectivity index (χ2n) is 3.57. The number of carbonyl (C=O) groups is 2.